The highest BCUT2D eigenvalue weighted by molar-refractivity contribution is 5.79. The summed E-state index contributed by atoms with van der Waals surface area (Å²) in [6, 6.07) is 0.123. The molecule has 96 valence electrons. The van der Waals surface area contributed by atoms with Crippen LogP contribution in [-0.2, 0) is 0 Å². The van der Waals surface area contributed by atoms with Gasteiger partial charge in [-0.2, -0.15) is 0 Å². The Bertz CT molecular complexity index is 315. The second-order valence-electron chi connectivity index (χ2n) is 4.19. The van der Waals surface area contributed by atoms with E-state index in [1.165, 1.54) is 0 Å². The van der Waals surface area contributed by atoms with Crippen LogP contribution in [0.25, 0.3) is 0 Å². The Morgan fingerprint density at radius 2 is 2.24 bits per heavy atom. The fourth-order valence-corrected chi connectivity index (χ4v) is 2.24. The van der Waals surface area contributed by atoms with E-state index < -0.39 is 0 Å². The zero-order valence-corrected chi connectivity index (χ0v) is 10.1. The number of amides is 2. The van der Waals surface area contributed by atoms with Gasteiger partial charge in [0.1, 0.15) is 0 Å². The molecule has 2 aliphatic rings. The van der Waals surface area contributed by atoms with Gasteiger partial charge in [-0.15, -0.1) is 0 Å². The molecule has 2 unspecified atom stereocenters. The molecule has 17 heavy (non-hydrogen) atoms. The van der Waals surface area contributed by atoms with E-state index in [1.54, 1.807) is 17.2 Å². The Morgan fingerprint density at radius 3 is 2.76 bits per heavy atom. The highest BCUT2D eigenvalue weighted by atomic mass is 16.3. The van der Waals surface area contributed by atoms with Crippen molar-refractivity contribution in [2.75, 3.05) is 13.7 Å². The first-order valence-electron chi connectivity index (χ1n) is 5.72. The minimum atomic E-state index is -0.105. The van der Waals surface area contributed by atoms with Crippen molar-refractivity contribution in [3.63, 3.8) is 0 Å². The third-order valence-corrected chi connectivity index (χ3v) is 3.10. The number of hydrogen-bond donors (Lipinski definition) is 3. The fourth-order valence-electron chi connectivity index (χ4n) is 2.24. The van der Waals surface area contributed by atoms with E-state index in [4.69, 9.17) is 10.2 Å². The minimum Gasteiger partial charge on any atom is -0.400 e. The van der Waals surface area contributed by atoms with Crippen molar-refractivity contribution < 1.29 is 15.0 Å². The van der Waals surface area contributed by atoms with E-state index >= 15 is 0 Å². The van der Waals surface area contributed by atoms with E-state index in [0.29, 0.717) is 11.6 Å². The number of urea groups is 1. The van der Waals surface area contributed by atoms with Crippen LogP contribution < -0.4 is 5.32 Å². The first-order valence-corrected chi connectivity index (χ1v) is 5.72. The fraction of sp³-hybridized carbons (Fsp3) is 0.583. The maximum atomic E-state index is 11.6. The van der Waals surface area contributed by atoms with Crippen LogP contribution in [-0.4, -0.2) is 40.9 Å². The van der Waals surface area contributed by atoms with E-state index in [1.807, 2.05) is 0 Å². The van der Waals surface area contributed by atoms with Crippen LogP contribution in [0.2, 0.25) is 0 Å². The molecule has 0 bridgehead atoms. The zero-order chi connectivity index (χ0) is 12.8. The number of hydrogen-bond acceptors (Lipinski definition) is 3. The molecule has 1 saturated carbocycles. The molecular weight excluding hydrogens is 220 g/mol. The van der Waals surface area contributed by atoms with Gasteiger partial charge in [-0.3, -0.25) is 4.90 Å². The van der Waals surface area contributed by atoms with E-state index in [9.17, 15) is 4.79 Å². The van der Waals surface area contributed by atoms with Crippen molar-refractivity contribution in [2.45, 2.75) is 25.3 Å². The van der Waals surface area contributed by atoms with Crippen LogP contribution in [0.4, 0.5) is 4.79 Å². The van der Waals surface area contributed by atoms with Crippen LogP contribution in [0.1, 0.15) is 19.3 Å². The van der Waals surface area contributed by atoms with Gasteiger partial charge in [-0.25, -0.2) is 4.79 Å². The smallest absolute Gasteiger partial charge is 0.326 e. The number of nitrogens with one attached hydrogen (secondary N) is 1. The predicted octanol–water partition coefficient (Wildman–Crippen LogP) is 0.808. The van der Waals surface area contributed by atoms with Crippen molar-refractivity contribution in [2.24, 2.45) is 5.92 Å². The maximum Gasteiger partial charge on any atom is 0.326 e. The first-order chi connectivity index (χ1) is 8.20. The van der Waals surface area contributed by atoms with Crippen molar-refractivity contribution in [1.82, 2.24) is 10.2 Å². The SMILES string of the molecule is C=C1C=CN(C2CCC(CO)C2)C(=O)N1.CO. The summed E-state index contributed by atoms with van der Waals surface area (Å²) in [6.45, 7) is 3.90. The summed E-state index contributed by atoms with van der Waals surface area (Å²) < 4.78 is 0. The first kappa shape index (κ1) is 13.7. The average molecular weight is 240 g/mol. The van der Waals surface area contributed by atoms with E-state index in [2.05, 4.69) is 11.9 Å². The molecule has 0 aromatic rings. The number of allylic oxidation sites excluding steroid dienone is 1. The highest BCUT2D eigenvalue weighted by Gasteiger charge is 2.31. The summed E-state index contributed by atoms with van der Waals surface area (Å²) in [5.74, 6) is 0.348. The molecule has 0 radical (unpaired) electrons. The van der Waals surface area contributed by atoms with Gasteiger partial charge in [0, 0.05) is 31.7 Å². The molecule has 0 aromatic carbocycles. The number of rotatable bonds is 2. The topological polar surface area (TPSA) is 72.8 Å². The van der Waals surface area contributed by atoms with Crippen LogP contribution in [0.5, 0.6) is 0 Å². The summed E-state index contributed by atoms with van der Waals surface area (Å²) in [5.41, 5.74) is 0.632. The van der Waals surface area contributed by atoms with Gasteiger partial charge >= 0.3 is 6.03 Å². The summed E-state index contributed by atoms with van der Waals surface area (Å²) in [4.78, 5) is 13.3. The Hall–Kier alpha value is -1.33. The van der Waals surface area contributed by atoms with Gasteiger partial charge in [-0.05, 0) is 31.3 Å². The Balaban J connectivity index is 0.000000686. The maximum absolute atomic E-state index is 11.6. The lowest BCUT2D eigenvalue weighted by atomic mass is 10.1. The molecule has 2 amide bonds. The number of aliphatic hydroxyl groups is 2. The molecule has 1 heterocycles. The van der Waals surface area contributed by atoms with Crippen molar-refractivity contribution >= 4 is 6.03 Å². The molecule has 1 aliphatic carbocycles. The molecule has 3 N–H and O–H groups in total. The molecule has 0 saturated heterocycles. The van der Waals surface area contributed by atoms with Crippen molar-refractivity contribution in [1.29, 1.82) is 0 Å². The largest absolute Gasteiger partial charge is 0.400 e. The second-order valence-corrected chi connectivity index (χ2v) is 4.19. The number of carbonyl (C=O) groups is 1. The van der Waals surface area contributed by atoms with Crippen LogP contribution in [0.15, 0.2) is 24.6 Å². The summed E-state index contributed by atoms with van der Waals surface area (Å²) in [7, 11) is 1.00. The summed E-state index contributed by atoms with van der Waals surface area (Å²) in [5, 5.41) is 18.7. The average Bonchev–Trinajstić information content (AvgIpc) is 2.80. The van der Waals surface area contributed by atoms with Crippen LogP contribution in [0, 0.1) is 5.92 Å². The van der Waals surface area contributed by atoms with Gasteiger partial charge in [-0.1, -0.05) is 6.58 Å². The quantitative estimate of drug-likeness (QED) is 0.668. The van der Waals surface area contributed by atoms with Crippen LogP contribution in [0.3, 0.4) is 0 Å². The number of nitrogens with zero attached hydrogens (tertiary/aromatic N) is 1. The minimum absolute atomic E-state index is 0.105. The molecule has 5 nitrogen and oxygen atoms in total. The number of aliphatic hydroxyl groups excluding tert-OH is 2. The van der Waals surface area contributed by atoms with E-state index in [-0.39, 0.29) is 18.7 Å². The molecule has 0 aromatic heterocycles. The highest BCUT2D eigenvalue weighted by Crippen LogP contribution is 2.30. The van der Waals surface area contributed by atoms with Gasteiger partial charge in [0.2, 0.25) is 0 Å². The molecule has 5 heteroatoms. The zero-order valence-electron chi connectivity index (χ0n) is 10.1. The van der Waals surface area contributed by atoms with Crippen molar-refractivity contribution in [3.8, 4) is 0 Å². The summed E-state index contributed by atoms with van der Waals surface area (Å²) in [6.07, 6.45) is 6.44. The molecule has 1 aliphatic heterocycles. The lowest BCUT2D eigenvalue weighted by Gasteiger charge is -2.28. The molecule has 2 rings (SSSR count). The third-order valence-electron chi connectivity index (χ3n) is 3.10. The van der Waals surface area contributed by atoms with Crippen molar-refractivity contribution in [3.05, 3.63) is 24.6 Å². The molecule has 0 spiro atoms. The lowest BCUT2D eigenvalue weighted by molar-refractivity contribution is 0.193. The van der Waals surface area contributed by atoms with Gasteiger partial charge in [0.15, 0.2) is 0 Å². The Kier molecular flexibility index (Phi) is 5.18. The van der Waals surface area contributed by atoms with Gasteiger partial charge < -0.3 is 15.5 Å². The molecular formula is C12H20N2O3. The standard InChI is InChI=1S/C11H16N2O2.CH4O/c1-8-4-5-13(11(15)12-8)10-3-2-9(6-10)7-14;1-2/h4-5,9-10,14H,1-3,6-7H2,(H,12,15);2H,1H3. The third kappa shape index (κ3) is 3.31. The second kappa shape index (κ2) is 6.42. The van der Waals surface area contributed by atoms with Gasteiger partial charge in [0.05, 0.1) is 0 Å². The van der Waals surface area contributed by atoms with Crippen LogP contribution >= 0.6 is 0 Å². The van der Waals surface area contributed by atoms with E-state index in [0.717, 1.165) is 26.4 Å². The Labute approximate surface area is 101 Å². The number of carbonyl (C=O) groups excluding carboxylic acids is 1. The predicted molar refractivity (Wildman–Crippen MR) is 65.0 cm³/mol. The lowest BCUT2D eigenvalue weighted by Crippen LogP contribution is -2.43. The molecule has 2 atom stereocenters. The normalized spacial score (nSPS) is 27.6. The summed E-state index contributed by atoms with van der Waals surface area (Å²) >= 11 is 0. The Morgan fingerprint density at radius 1 is 1.53 bits per heavy atom. The molecule has 1 fully saturated rings. The monoisotopic (exact) mass is 240 g/mol. The van der Waals surface area contributed by atoms with Gasteiger partial charge in [0.25, 0.3) is 0 Å².